The van der Waals surface area contributed by atoms with Gasteiger partial charge in [-0.1, -0.05) is 24.3 Å². The Morgan fingerprint density at radius 2 is 1.72 bits per heavy atom. The molecule has 7 heteroatoms. The third-order valence-electron chi connectivity index (χ3n) is 5.53. The summed E-state index contributed by atoms with van der Waals surface area (Å²) in [6.07, 6.45) is 1.83. The number of nitrogens with one attached hydrogen (secondary N) is 2. The van der Waals surface area contributed by atoms with Crippen molar-refractivity contribution in [2.24, 2.45) is 0 Å². The molecule has 1 amide bonds. The van der Waals surface area contributed by atoms with Crippen molar-refractivity contribution in [2.75, 3.05) is 30.2 Å². The molecule has 1 heterocycles. The highest BCUT2D eigenvalue weighted by atomic mass is 32.2. The van der Waals surface area contributed by atoms with Gasteiger partial charge in [0.1, 0.15) is 6.54 Å². The fourth-order valence-electron chi connectivity index (χ4n) is 3.71. The molecule has 0 aromatic heterocycles. The number of amides is 1. The monoisotopic (exact) mass is 416 g/mol. The van der Waals surface area contributed by atoms with Crippen LogP contribution in [0.25, 0.3) is 0 Å². The van der Waals surface area contributed by atoms with Crippen molar-refractivity contribution in [3.8, 4) is 0 Å². The second kappa shape index (κ2) is 8.97. The van der Waals surface area contributed by atoms with Crippen LogP contribution in [0, 0.1) is 0 Å². The van der Waals surface area contributed by atoms with Gasteiger partial charge in [0, 0.05) is 24.2 Å². The highest BCUT2D eigenvalue weighted by Crippen LogP contribution is 2.30. The lowest BCUT2D eigenvalue weighted by molar-refractivity contribution is -0.910. The van der Waals surface area contributed by atoms with Crippen LogP contribution in [0.15, 0.2) is 42.5 Å². The zero-order valence-corrected chi connectivity index (χ0v) is 18.2. The van der Waals surface area contributed by atoms with Gasteiger partial charge in [-0.3, -0.25) is 9.10 Å². The molecule has 0 fully saturated rings. The first-order valence-corrected chi connectivity index (χ1v) is 12.0. The van der Waals surface area contributed by atoms with Gasteiger partial charge >= 0.3 is 0 Å². The number of rotatable bonds is 8. The van der Waals surface area contributed by atoms with Gasteiger partial charge in [0.15, 0.2) is 0 Å². The van der Waals surface area contributed by atoms with Gasteiger partial charge in [-0.15, -0.1) is 0 Å². The second-order valence-electron chi connectivity index (χ2n) is 7.56. The number of quaternary nitrogens is 1. The highest BCUT2D eigenvalue weighted by Gasteiger charge is 2.26. The number of carbonyl (C=O) groups excluding carboxylic acids is 1. The molecule has 0 aliphatic carbocycles. The fraction of sp³-hybridized carbons (Fsp3) is 0.409. The molecule has 2 aromatic rings. The minimum Gasteiger partial charge on any atom is -0.348 e. The van der Waals surface area contributed by atoms with Gasteiger partial charge in [0.25, 0.3) is 5.91 Å². The average molecular weight is 417 g/mol. The zero-order chi connectivity index (χ0) is 21.0. The molecular weight excluding hydrogens is 386 g/mol. The number of hydrogen-bond acceptors (Lipinski definition) is 3. The number of nitrogens with zero attached hydrogens (tertiary/aromatic N) is 1. The molecule has 29 heavy (non-hydrogen) atoms. The van der Waals surface area contributed by atoms with Crippen molar-refractivity contribution in [1.29, 1.82) is 0 Å². The number of benzene rings is 2. The molecule has 6 nitrogen and oxygen atoms in total. The molecule has 0 radical (unpaired) electrons. The molecular formula is C22H30N3O3S+. The van der Waals surface area contributed by atoms with Crippen LogP contribution in [0.3, 0.4) is 0 Å². The van der Waals surface area contributed by atoms with Gasteiger partial charge in [0.2, 0.25) is 10.0 Å². The van der Waals surface area contributed by atoms with Gasteiger partial charge in [-0.2, -0.15) is 0 Å². The molecule has 0 spiro atoms. The van der Waals surface area contributed by atoms with Crippen molar-refractivity contribution >= 4 is 21.6 Å². The average Bonchev–Trinajstić information content (AvgIpc) is 3.14. The van der Waals surface area contributed by atoms with Crippen LogP contribution >= 0.6 is 0 Å². The summed E-state index contributed by atoms with van der Waals surface area (Å²) in [7, 11) is -3.28. The first kappa shape index (κ1) is 21.3. The Kier molecular flexibility index (Phi) is 6.59. The Hall–Kier alpha value is -2.38. The summed E-state index contributed by atoms with van der Waals surface area (Å²) in [6.45, 7) is 8.51. The summed E-state index contributed by atoms with van der Waals surface area (Å²) >= 11 is 0. The van der Waals surface area contributed by atoms with Crippen molar-refractivity contribution in [1.82, 2.24) is 5.32 Å². The maximum absolute atomic E-state index is 12.5. The Bertz CT molecular complexity index is 967. The summed E-state index contributed by atoms with van der Waals surface area (Å²) in [5, 5.41) is 2.95. The second-order valence-corrected chi connectivity index (χ2v) is 9.47. The Balaban J connectivity index is 1.60. The molecule has 0 saturated carbocycles. The third-order valence-corrected chi connectivity index (χ3v) is 6.71. The topological polar surface area (TPSA) is 70.9 Å². The molecule has 0 unspecified atom stereocenters. The van der Waals surface area contributed by atoms with Crippen molar-refractivity contribution in [3.05, 3.63) is 64.7 Å². The van der Waals surface area contributed by atoms with Gasteiger partial charge < -0.3 is 10.2 Å². The number of anilines is 1. The van der Waals surface area contributed by atoms with Gasteiger partial charge in [0.05, 0.1) is 25.0 Å². The fourth-order valence-corrected chi connectivity index (χ4v) is 4.66. The van der Waals surface area contributed by atoms with Crippen LogP contribution in [0.2, 0.25) is 0 Å². The smallest absolute Gasteiger partial charge is 0.251 e. The summed E-state index contributed by atoms with van der Waals surface area (Å²) in [6, 6.07) is 13.6. The van der Waals surface area contributed by atoms with E-state index in [4.69, 9.17) is 0 Å². The molecule has 1 aliphatic heterocycles. The van der Waals surface area contributed by atoms with E-state index in [0.717, 1.165) is 30.8 Å². The maximum atomic E-state index is 12.5. The van der Waals surface area contributed by atoms with Crippen LogP contribution in [0.4, 0.5) is 5.69 Å². The lowest BCUT2D eigenvalue weighted by Crippen LogP contribution is -3.10. The lowest BCUT2D eigenvalue weighted by atomic mass is 10.1. The normalized spacial score (nSPS) is 13.6. The standard InChI is InChI=1S/C22H29N3O3S/c1-4-24(5-2)16-18-8-6-17(7-9-18)15-23-22(26)20-10-11-21-19(14-20)12-13-25(21)29(3,27)28/h6-11,14H,4-5,12-13,15-16H2,1-3H3,(H,23,26)/p+1. The Morgan fingerprint density at radius 3 is 2.34 bits per heavy atom. The summed E-state index contributed by atoms with van der Waals surface area (Å²) in [5.74, 6) is -0.151. The first-order valence-electron chi connectivity index (χ1n) is 10.1. The Labute approximate surface area is 173 Å². The van der Waals surface area contributed by atoms with Crippen molar-refractivity contribution in [3.63, 3.8) is 0 Å². The number of hydrogen-bond donors (Lipinski definition) is 2. The van der Waals surface area contributed by atoms with Crippen LogP contribution in [0.1, 0.15) is 40.9 Å². The number of carbonyl (C=O) groups is 1. The van der Waals surface area contributed by atoms with Crippen LogP contribution < -0.4 is 14.5 Å². The van der Waals surface area contributed by atoms with E-state index < -0.39 is 10.0 Å². The largest absolute Gasteiger partial charge is 0.348 e. The molecule has 156 valence electrons. The molecule has 0 atom stereocenters. The molecule has 2 aromatic carbocycles. The predicted octanol–water partition coefficient (Wildman–Crippen LogP) is 1.36. The van der Waals surface area contributed by atoms with E-state index in [1.165, 1.54) is 21.0 Å². The molecule has 2 N–H and O–H groups in total. The van der Waals surface area contributed by atoms with E-state index >= 15 is 0 Å². The zero-order valence-electron chi connectivity index (χ0n) is 17.4. The number of sulfonamides is 1. The van der Waals surface area contributed by atoms with Gasteiger partial charge in [-0.25, -0.2) is 8.42 Å². The summed E-state index contributed by atoms with van der Waals surface area (Å²) in [5.41, 5.74) is 4.48. The van der Waals surface area contributed by atoms with E-state index in [0.29, 0.717) is 30.8 Å². The van der Waals surface area contributed by atoms with Crippen molar-refractivity contribution < 1.29 is 18.1 Å². The molecule has 0 bridgehead atoms. The molecule has 0 saturated heterocycles. The summed E-state index contributed by atoms with van der Waals surface area (Å²) < 4.78 is 25.1. The molecule has 1 aliphatic rings. The van der Waals surface area contributed by atoms with E-state index in [1.807, 2.05) is 0 Å². The maximum Gasteiger partial charge on any atom is 0.251 e. The predicted molar refractivity (Wildman–Crippen MR) is 116 cm³/mol. The van der Waals surface area contributed by atoms with Crippen LogP contribution in [-0.2, 0) is 29.5 Å². The van der Waals surface area contributed by atoms with Gasteiger partial charge in [-0.05, 0) is 49.6 Å². The third kappa shape index (κ3) is 5.16. The van der Waals surface area contributed by atoms with Crippen molar-refractivity contribution in [2.45, 2.75) is 33.4 Å². The summed E-state index contributed by atoms with van der Waals surface area (Å²) in [4.78, 5) is 14.1. The highest BCUT2D eigenvalue weighted by molar-refractivity contribution is 7.92. The molecule has 3 rings (SSSR count). The van der Waals surface area contributed by atoms with Crippen LogP contribution in [0.5, 0.6) is 0 Å². The quantitative estimate of drug-likeness (QED) is 0.683. The minimum atomic E-state index is -3.28. The first-order chi connectivity index (χ1) is 13.8. The minimum absolute atomic E-state index is 0.151. The lowest BCUT2D eigenvalue weighted by Gasteiger charge is -2.16. The van der Waals surface area contributed by atoms with E-state index in [2.05, 4.69) is 43.4 Å². The van der Waals surface area contributed by atoms with E-state index in [1.54, 1.807) is 18.2 Å². The van der Waals surface area contributed by atoms with E-state index in [9.17, 15) is 13.2 Å². The number of fused-ring (bicyclic) bond motifs is 1. The SMILES string of the molecule is CC[NH+](CC)Cc1ccc(CNC(=O)c2ccc3c(c2)CCN3S(C)(=O)=O)cc1. The Morgan fingerprint density at radius 1 is 1.07 bits per heavy atom. The van der Waals surface area contributed by atoms with Crippen LogP contribution in [-0.4, -0.2) is 40.2 Å². The van der Waals surface area contributed by atoms with E-state index in [-0.39, 0.29) is 5.91 Å².